The summed E-state index contributed by atoms with van der Waals surface area (Å²) < 4.78 is 2.65. The second-order valence-corrected chi connectivity index (χ2v) is 4.98. The lowest BCUT2D eigenvalue weighted by molar-refractivity contribution is 0.860. The van der Waals surface area contributed by atoms with Crippen molar-refractivity contribution in [2.75, 3.05) is 5.73 Å². The van der Waals surface area contributed by atoms with Crippen LogP contribution in [-0.4, -0.2) is 14.8 Å². The topological polar surface area (TPSA) is 56.7 Å². The van der Waals surface area contributed by atoms with Crippen molar-refractivity contribution in [3.05, 3.63) is 59.2 Å². The van der Waals surface area contributed by atoms with Gasteiger partial charge in [-0.1, -0.05) is 34.1 Å². The first-order valence-corrected chi connectivity index (χ1v) is 6.56. The summed E-state index contributed by atoms with van der Waals surface area (Å²) in [5.74, 6) is 1.27. The minimum atomic E-state index is 0.564. The number of hydrogen-bond donors (Lipinski definition) is 1. The maximum Gasteiger partial charge on any atom is 0.155 e. The van der Waals surface area contributed by atoms with E-state index in [9.17, 15) is 0 Å². The Balaban J connectivity index is 2.07. The standard InChI is InChI=1S/C14H11BrN4/c15-11-5-3-4-10(8-11)12-9-13(16)19(18-12)14-6-1-2-7-17-14/h1-9H,16H2. The van der Waals surface area contributed by atoms with Crippen molar-refractivity contribution in [1.82, 2.24) is 14.8 Å². The number of aromatic nitrogens is 3. The molecule has 94 valence electrons. The Morgan fingerprint density at radius 1 is 1.05 bits per heavy atom. The summed E-state index contributed by atoms with van der Waals surface area (Å²) in [6.07, 6.45) is 1.72. The summed E-state index contributed by atoms with van der Waals surface area (Å²) in [6.45, 7) is 0. The summed E-state index contributed by atoms with van der Waals surface area (Å²) in [6, 6.07) is 15.4. The van der Waals surface area contributed by atoms with E-state index in [1.165, 1.54) is 0 Å². The van der Waals surface area contributed by atoms with Crippen molar-refractivity contribution in [3.8, 4) is 17.1 Å². The molecule has 0 atom stereocenters. The number of nitrogen functional groups attached to an aromatic ring is 1. The largest absolute Gasteiger partial charge is 0.384 e. The number of hydrogen-bond acceptors (Lipinski definition) is 3. The van der Waals surface area contributed by atoms with E-state index in [2.05, 4.69) is 26.0 Å². The Kier molecular flexibility index (Phi) is 3.05. The maximum absolute atomic E-state index is 6.00. The van der Waals surface area contributed by atoms with Crippen LogP contribution in [0.2, 0.25) is 0 Å². The Hall–Kier alpha value is -2.14. The highest BCUT2D eigenvalue weighted by Crippen LogP contribution is 2.24. The van der Waals surface area contributed by atoms with Crippen molar-refractivity contribution in [1.29, 1.82) is 0 Å². The van der Waals surface area contributed by atoms with Crippen LogP contribution < -0.4 is 5.73 Å². The van der Waals surface area contributed by atoms with Gasteiger partial charge in [-0.25, -0.2) is 4.98 Å². The van der Waals surface area contributed by atoms with E-state index in [0.29, 0.717) is 11.6 Å². The van der Waals surface area contributed by atoms with Gasteiger partial charge in [0.05, 0.1) is 5.69 Å². The van der Waals surface area contributed by atoms with Gasteiger partial charge in [-0.05, 0) is 24.3 Å². The number of nitrogens with two attached hydrogens (primary N) is 1. The molecule has 3 rings (SSSR count). The molecule has 0 saturated carbocycles. The Morgan fingerprint density at radius 3 is 2.68 bits per heavy atom. The fourth-order valence-electron chi connectivity index (χ4n) is 1.85. The molecule has 0 fully saturated rings. The number of benzene rings is 1. The molecule has 0 aliphatic rings. The van der Waals surface area contributed by atoms with Crippen LogP contribution in [0.1, 0.15) is 0 Å². The zero-order valence-electron chi connectivity index (χ0n) is 9.99. The predicted octanol–water partition coefficient (Wildman–Crippen LogP) is 3.28. The maximum atomic E-state index is 6.00. The van der Waals surface area contributed by atoms with E-state index in [0.717, 1.165) is 15.7 Å². The molecule has 0 unspecified atom stereocenters. The van der Waals surface area contributed by atoms with E-state index in [1.807, 2.05) is 48.5 Å². The monoisotopic (exact) mass is 314 g/mol. The van der Waals surface area contributed by atoms with Gasteiger partial charge >= 0.3 is 0 Å². The van der Waals surface area contributed by atoms with Crippen molar-refractivity contribution >= 4 is 21.7 Å². The predicted molar refractivity (Wildman–Crippen MR) is 78.9 cm³/mol. The number of nitrogens with zero attached hydrogens (tertiary/aromatic N) is 3. The quantitative estimate of drug-likeness (QED) is 0.789. The SMILES string of the molecule is Nc1cc(-c2cccc(Br)c2)nn1-c1ccccn1. The van der Waals surface area contributed by atoms with Crippen LogP contribution in [0.4, 0.5) is 5.82 Å². The molecule has 0 saturated heterocycles. The van der Waals surface area contributed by atoms with Crippen LogP contribution in [0.5, 0.6) is 0 Å². The van der Waals surface area contributed by atoms with E-state index in [4.69, 9.17) is 5.73 Å². The lowest BCUT2D eigenvalue weighted by atomic mass is 10.2. The summed E-state index contributed by atoms with van der Waals surface area (Å²) in [7, 11) is 0. The molecular weight excluding hydrogens is 304 g/mol. The van der Waals surface area contributed by atoms with E-state index < -0.39 is 0 Å². The van der Waals surface area contributed by atoms with Crippen LogP contribution in [0.15, 0.2) is 59.2 Å². The minimum Gasteiger partial charge on any atom is -0.384 e. The van der Waals surface area contributed by atoms with Gasteiger partial charge in [0, 0.05) is 22.3 Å². The van der Waals surface area contributed by atoms with E-state index in [-0.39, 0.29) is 0 Å². The van der Waals surface area contributed by atoms with Crippen LogP contribution in [0, 0.1) is 0 Å². The summed E-state index contributed by atoms with van der Waals surface area (Å²) in [5, 5.41) is 4.50. The fourth-order valence-corrected chi connectivity index (χ4v) is 2.25. The van der Waals surface area contributed by atoms with Gasteiger partial charge in [0.2, 0.25) is 0 Å². The van der Waals surface area contributed by atoms with Gasteiger partial charge in [-0.2, -0.15) is 9.78 Å². The Labute approximate surface area is 119 Å². The molecule has 0 aliphatic heterocycles. The number of halogens is 1. The average Bonchev–Trinajstić information content (AvgIpc) is 2.82. The first-order chi connectivity index (χ1) is 9.24. The fraction of sp³-hybridized carbons (Fsp3) is 0. The third-order valence-electron chi connectivity index (χ3n) is 2.72. The molecule has 19 heavy (non-hydrogen) atoms. The average molecular weight is 315 g/mol. The molecule has 2 aromatic heterocycles. The highest BCUT2D eigenvalue weighted by atomic mass is 79.9. The van der Waals surface area contributed by atoms with Crippen molar-refractivity contribution < 1.29 is 0 Å². The van der Waals surface area contributed by atoms with Gasteiger partial charge in [-0.3, -0.25) is 0 Å². The first-order valence-electron chi connectivity index (χ1n) is 5.77. The highest BCUT2D eigenvalue weighted by Gasteiger charge is 2.09. The minimum absolute atomic E-state index is 0.564. The molecule has 4 nitrogen and oxygen atoms in total. The number of anilines is 1. The van der Waals surface area contributed by atoms with Gasteiger partial charge in [0.15, 0.2) is 5.82 Å². The third-order valence-corrected chi connectivity index (χ3v) is 3.22. The van der Waals surface area contributed by atoms with E-state index in [1.54, 1.807) is 10.9 Å². The van der Waals surface area contributed by atoms with E-state index >= 15 is 0 Å². The zero-order chi connectivity index (χ0) is 13.2. The second kappa shape index (κ2) is 4.85. The van der Waals surface area contributed by atoms with Crippen LogP contribution in [0.25, 0.3) is 17.1 Å². The van der Waals surface area contributed by atoms with Crippen LogP contribution in [0.3, 0.4) is 0 Å². The molecule has 2 heterocycles. The molecule has 1 aromatic carbocycles. The normalized spacial score (nSPS) is 10.6. The number of rotatable bonds is 2. The van der Waals surface area contributed by atoms with Crippen molar-refractivity contribution in [3.63, 3.8) is 0 Å². The summed E-state index contributed by atoms with van der Waals surface area (Å²) in [4.78, 5) is 4.25. The zero-order valence-corrected chi connectivity index (χ0v) is 11.6. The number of pyridine rings is 1. The summed E-state index contributed by atoms with van der Waals surface area (Å²) in [5.41, 5.74) is 7.83. The summed E-state index contributed by atoms with van der Waals surface area (Å²) >= 11 is 3.45. The third kappa shape index (κ3) is 2.37. The molecule has 2 N–H and O–H groups in total. The van der Waals surface area contributed by atoms with Gasteiger partial charge in [-0.15, -0.1) is 0 Å². The Morgan fingerprint density at radius 2 is 1.95 bits per heavy atom. The molecular formula is C14H11BrN4. The second-order valence-electron chi connectivity index (χ2n) is 4.06. The first kappa shape index (κ1) is 11.9. The molecule has 0 spiro atoms. The van der Waals surface area contributed by atoms with Gasteiger partial charge < -0.3 is 5.73 Å². The molecule has 5 heteroatoms. The molecule has 3 aromatic rings. The highest BCUT2D eigenvalue weighted by molar-refractivity contribution is 9.10. The van der Waals surface area contributed by atoms with Gasteiger partial charge in [0.25, 0.3) is 0 Å². The van der Waals surface area contributed by atoms with Crippen molar-refractivity contribution in [2.24, 2.45) is 0 Å². The smallest absolute Gasteiger partial charge is 0.155 e. The molecule has 0 radical (unpaired) electrons. The Bertz CT molecular complexity index is 706. The molecule has 0 amide bonds. The van der Waals surface area contributed by atoms with Crippen molar-refractivity contribution in [2.45, 2.75) is 0 Å². The molecule has 0 bridgehead atoms. The lowest BCUT2D eigenvalue weighted by Gasteiger charge is -2.01. The van der Waals surface area contributed by atoms with Crippen LogP contribution in [-0.2, 0) is 0 Å². The van der Waals surface area contributed by atoms with Gasteiger partial charge in [0.1, 0.15) is 5.82 Å². The lowest BCUT2D eigenvalue weighted by Crippen LogP contribution is -2.03. The van der Waals surface area contributed by atoms with Crippen LogP contribution >= 0.6 is 15.9 Å². The molecule has 0 aliphatic carbocycles.